The van der Waals surface area contributed by atoms with Crippen LogP contribution in [-0.2, 0) is 21.7 Å². The number of ketones is 1. The molecule has 2 aromatic carbocycles. The van der Waals surface area contributed by atoms with Crippen LogP contribution in [0.4, 0.5) is 5.69 Å². The standard InChI is InChI=1S/C27H29NO3/c29-24(26-13-19-10-20(14-26)12-21(11-19)15-26)16-27(31)22-8-4-5-9-23(22)28(25(27)30)17-18-6-2-1-3-7-18/h1-9,19-21,31H,10-17H2. The molecule has 4 aliphatic carbocycles. The predicted octanol–water partition coefficient (Wildman–Crippen LogP) is 4.60. The van der Waals surface area contributed by atoms with E-state index in [1.54, 1.807) is 4.90 Å². The Balaban J connectivity index is 1.32. The number of hydrogen-bond donors (Lipinski definition) is 1. The largest absolute Gasteiger partial charge is 0.375 e. The van der Waals surface area contributed by atoms with E-state index in [1.165, 1.54) is 19.3 Å². The molecule has 7 rings (SSSR count). The monoisotopic (exact) mass is 415 g/mol. The fraction of sp³-hybridized carbons (Fsp3) is 0.481. The summed E-state index contributed by atoms with van der Waals surface area (Å²) in [5.74, 6) is 1.72. The average Bonchev–Trinajstić information content (AvgIpc) is 2.96. The van der Waals surface area contributed by atoms with E-state index in [9.17, 15) is 14.7 Å². The minimum atomic E-state index is -1.76. The molecule has 0 radical (unpaired) electrons. The van der Waals surface area contributed by atoms with Crippen LogP contribution in [0.2, 0.25) is 0 Å². The zero-order valence-corrected chi connectivity index (χ0v) is 17.8. The zero-order chi connectivity index (χ0) is 21.2. The van der Waals surface area contributed by atoms with E-state index in [1.807, 2.05) is 54.6 Å². The first-order valence-corrected chi connectivity index (χ1v) is 11.7. The highest BCUT2D eigenvalue weighted by Crippen LogP contribution is 2.61. The van der Waals surface area contributed by atoms with Gasteiger partial charge in [-0.2, -0.15) is 0 Å². The van der Waals surface area contributed by atoms with Gasteiger partial charge in [-0.25, -0.2) is 0 Å². The molecule has 160 valence electrons. The Morgan fingerprint density at radius 3 is 2.13 bits per heavy atom. The molecule has 4 fully saturated rings. The van der Waals surface area contributed by atoms with Gasteiger partial charge in [-0.3, -0.25) is 9.59 Å². The van der Waals surface area contributed by atoms with Gasteiger partial charge in [-0.15, -0.1) is 0 Å². The highest BCUT2D eigenvalue weighted by Gasteiger charge is 2.58. The summed E-state index contributed by atoms with van der Waals surface area (Å²) in [5, 5.41) is 11.7. The third-order valence-corrected chi connectivity index (χ3v) is 8.47. The van der Waals surface area contributed by atoms with Crippen molar-refractivity contribution in [1.82, 2.24) is 0 Å². The van der Waals surface area contributed by atoms with Gasteiger partial charge in [0.1, 0.15) is 5.78 Å². The maximum atomic E-state index is 13.7. The third kappa shape index (κ3) is 2.91. The van der Waals surface area contributed by atoms with Crippen LogP contribution in [0.1, 0.15) is 56.1 Å². The number of Topliss-reactive ketones (excluding diaryl/α,β-unsaturated/α-hetero) is 1. The molecular formula is C27H29NO3. The molecule has 0 aromatic heterocycles. The molecule has 2 aromatic rings. The van der Waals surface area contributed by atoms with Gasteiger partial charge in [0.2, 0.25) is 0 Å². The zero-order valence-electron chi connectivity index (χ0n) is 17.8. The predicted molar refractivity (Wildman–Crippen MR) is 118 cm³/mol. The first kappa shape index (κ1) is 19.2. The van der Waals surface area contributed by atoms with E-state index < -0.39 is 5.60 Å². The maximum Gasteiger partial charge on any atom is 0.264 e. The van der Waals surface area contributed by atoms with E-state index in [2.05, 4.69) is 0 Å². The second-order valence-corrected chi connectivity index (χ2v) is 10.6. The molecule has 4 heteroatoms. The number of para-hydroxylation sites is 1. The molecule has 0 saturated heterocycles. The van der Waals surface area contributed by atoms with Gasteiger partial charge in [-0.05, 0) is 67.9 Å². The summed E-state index contributed by atoms with van der Waals surface area (Å²) in [6.07, 6.45) is 6.57. The molecule has 31 heavy (non-hydrogen) atoms. The summed E-state index contributed by atoms with van der Waals surface area (Å²) in [6, 6.07) is 17.2. The lowest BCUT2D eigenvalue weighted by atomic mass is 9.48. The number of carbonyl (C=O) groups excluding carboxylic acids is 2. The van der Waals surface area contributed by atoms with E-state index in [4.69, 9.17) is 0 Å². The number of anilines is 1. The van der Waals surface area contributed by atoms with E-state index in [-0.39, 0.29) is 23.5 Å². The van der Waals surface area contributed by atoms with Gasteiger partial charge in [0.05, 0.1) is 12.2 Å². The molecule has 1 heterocycles. The van der Waals surface area contributed by atoms with Crippen LogP contribution < -0.4 is 4.90 Å². The van der Waals surface area contributed by atoms with Crippen molar-refractivity contribution in [3.8, 4) is 0 Å². The van der Waals surface area contributed by atoms with Crippen LogP contribution in [0.25, 0.3) is 0 Å². The topological polar surface area (TPSA) is 57.6 Å². The molecular weight excluding hydrogens is 386 g/mol. The van der Waals surface area contributed by atoms with Gasteiger partial charge in [-0.1, -0.05) is 48.5 Å². The van der Waals surface area contributed by atoms with Crippen LogP contribution in [0, 0.1) is 23.2 Å². The number of hydrogen-bond acceptors (Lipinski definition) is 3. The Labute approximate surface area is 183 Å². The Kier molecular flexibility index (Phi) is 4.20. The number of rotatable bonds is 5. The minimum Gasteiger partial charge on any atom is -0.375 e. The summed E-state index contributed by atoms with van der Waals surface area (Å²) in [5.41, 5.74) is 0.228. The Hall–Kier alpha value is -2.46. The first-order valence-electron chi connectivity index (χ1n) is 11.7. The maximum absolute atomic E-state index is 13.7. The number of amides is 1. The third-order valence-electron chi connectivity index (χ3n) is 8.47. The highest BCUT2D eigenvalue weighted by atomic mass is 16.3. The van der Waals surface area contributed by atoms with Gasteiger partial charge < -0.3 is 10.0 Å². The van der Waals surface area contributed by atoms with Gasteiger partial charge in [0, 0.05) is 17.4 Å². The Morgan fingerprint density at radius 1 is 0.903 bits per heavy atom. The van der Waals surface area contributed by atoms with Crippen molar-refractivity contribution in [1.29, 1.82) is 0 Å². The smallest absolute Gasteiger partial charge is 0.264 e. The fourth-order valence-corrected chi connectivity index (χ4v) is 7.47. The Bertz CT molecular complexity index is 1010. The van der Waals surface area contributed by atoms with Crippen molar-refractivity contribution in [3.63, 3.8) is 0 Å². The van der Waals surface area contributed by atoms with Crippen molar-refractivity contribution >= 4 is 17.4 Å². The number of benzene rings is 2. The molecule has 1 aliphatic heterocycles. The van der Waals surface area contributed by atoms with E-state index >= 15 is 0 Å². The molecule has 1 atom stereocenters. The summed E-state index contributed by atoms with van der Waals surface area (Å²) in [7, 11) is 0. The molecule has 0 spiro atoms. The lowest BCUT2D eigenvalue weighted by Gasteiger charge is -2.56. The molecule has 1 N–H and O–H groups in total. The molecule has 1 amide bonds. The van der Waals surface area contributed by atoms with Crippen LogP contribution in [-0.4, -0.2) is 16.8 Å². The molecule has 5 aliphatic rings. The molecule has 4 nitrogen and oxygen atoms in total. The van der Waals surface area contributed by atoms with Crippen molar-refractivity contribution < 1.29 is 14.7 Å². The molecule has 4 bridgehead atoms. The van der Waals surface area contributed by atoms with E-state index in [0.29, 0.717) is 29.9 Å². The lowest BCUT2D eigenvalue weighted by molar-refractivity contribution is -0.154. The van der Waals surface area contributed by atoms with Gasteiger partial charge in [0.25, 0.3) is 5.91 Å². The number of nitrogens with zero attached hydrogens (tertiary/aromatic N) is 1. The van der Waals surface area contributed by atoms with Crippen LogP contribution in [0.3, 0.4) is 0 Å². The van der Waals surface area contributed by atoms with Crippen LogP contribution >= 0.6 is 0 Å². The van der Waals surface area contributed by atoms with Crippen molar-refractivity contribution in [2.45, 2.75) is 57.1 Å². The van der Waals surface area contributed by atoms with Crippen LogP contribution in [0.5, 0.6) is 0 Å². The van der Waals surface area contributed by atoms with Crippen molar-refractivity contribution in [3.05, 3.63) is 65.7 Å². The average molecular weight is 416 g/mol. The molecule has 1 unspecified atom stereocenters. The highest BCUT2D eigenvalue weighted by molar-refractivity contribution is 6.09. The second-order valence-electron chi connectivity index (χ2n) is 10.6. The number of fused-ring (bicyclic) bond motifs is 1. The normalized spacial score (nSPS) is 35.5. The van der Waals surface area contributed by atoms with Gasteiger partial charge in [0.15, 0.2) is 5.60 Å². The minimum absolute atomic E-state index is 0.0969. The van der Waals surface area contributed by atoms with Crippen molar-refractivity contribution in [2.75, 3.05) is 4.90 Å². The fourth-order valence-electron chi connectivity index (χ4n) is 7.47. The summed E-state index contributed by atoms with van der Waals surface area (Å²) >= 11 is 0. The lowest BCUT2D eigenvalue weighted by Crippen LogP contribution is -2.52. The summed E-state index contributed by atoms with van der Waals surface area (Å²) in [4.78, 5) is 29.0. The number of aliphatic hydroxyl groups is 1. The van der Waals surface area contributed by atoms with Crippen LogP contribution in [0.15, 0.2) is 54.6 Å². The van der Waals surface area contributed by atoms with Crippen molar-refractivity contribution in [2.24, 2.45) is 23.2 Å². The SMILES string of the molecule is O=C(CC1(O)C(=O)N(Cc2ccccc2)c2ccccc21)C12CC3CC(CC(C3)C1)C2. The summed E-state index contributed by atoms with van der Waals surface area (Å²) in [6.45, 7) is 0.393. The second kappa shape index (κ2) is 6.77. The Morgan fingerprint density at radius 2 is 1.48 bits per heavy atom. The van der Waals surface area contributed by atoms with Gasteiger partial charge >= 0.3 is 0 Å². The van der Waals surface area contributed by atoms with E-state index in [0.717, 1.165) is 30.5 Å². The molecule has 4 saturated carbocycles. The first-order chi connectivity index (χ1) is 15.0. The summed E-state index contributed by atoms with van der Waals surface area (Å²) < 4.78 is 0. The number of carbonyl (C=O) groups is 2. The quantitative estimate of drug-likeness (QED) is 0.777.